The van der Waals surface area contributed by atoms with Crippen LogP contribution in [0.1, 0.15) is 11.3 Å². The summed E-state index contributed by atoms with van der Waals surface area (Å²) in [5, 5.41) is 0.479. The van der Waals surface area contributed by atoms with E-state index in [1.54, 1.807) is 36.5 Å². The Morgan fingerprint density at radius 1 is 1.11 bits per heavy atom. The molecule has 1 aromatic heterocycles. The molecule has 2 aromatic carbocycles. The molecule has 0 spiro atoms. The summed E-state index contributed by atoms with van der Waals surface area (Å²) in [5.41, 5.74) is 7.18. The third-order valence-electron chi connectivity index (χ3n) is 4.46. The van der Waals surface area contributed by atoms with Crippen LogP contribution in [0.5, 0.6) is 11.5 Å². The number of hydrogen-bond donors (Lipinski definition) is 1. The Kier molecular flexibility index (Phi) is 4.92. The standard InChI is InChI=1S/C19H17ClN4O3S/c20-16-3-1-2-4-18(16)27-14-5-7-15(8-6-14)28(25,26)24-10-9-13-11-22-19(21)23-17(13)12-24/h1-8,11H,9-10,12H2,(H2,21,22,23). The highest BCUT2D eigenvalue weighted by atomic mass is 35.5. The maximum Gasteiger partial charge on any atom is 0.243 e. The first-order valence-electron chi connectivity index (χ1n) is 8.56. The van der Waals surface area contributed by atoms with Gasteiger partial charge in [0.2, 0.25) is 16.0 Å². The van der Waals surface area contributed by atoms with Crippen LogP contribution in [0.3, 0.4) is 0 Å². The minimum absolute atomic E-state index is 0.138. The molecule has 0 bridgehead atoms. The van der Waals surface area contributed by atoms with Crippen LogP contribution in [0.25, 0.3) is 0 Å². The van der Waals surface area contributed by atoms with E-state index < -0.39 is 10.0 Å². The molecule has 1 aliphatic heterocycles. The van der Waals surface area contributed by atoms with Gasteiger partial charge in [-0.25, -0.2) is 18.4 Å². The van der Waals surface area contributed by atoms with E-state index in [9.17, 15) is 8.42 Å². The number of para-hydroxylation sites is 1. The first-order valence-corrected chi connectivity index (χ1v) is 10.4. The molecule has 0 saturated heterocycles. The highest BCUT2D eigenvalue weighted by molar-refractivity contribution is 7.89. The van der Waals surface area contributed by atoms with Crippen LogP contribution in [0.2, 0.25) is 5.02 Å². The highest BCUT2D eigenvalue weighted by Crippen LogP contribution is 2.30. The Hall–Kier alpha value is -2.68. The summed E-state index contributed by atoms with van der Waals surface area (Å²) < 4.78 is 33.1. The SMILES string of the molecule is Nc1ncc2c(n1)CN(S(=O)(=O)c1ccc(Oc3ccccc3Cl)cc1)CC2. The van der Waals surface area contributed by atoms with Crippen molar-refractivity contribution in [3.8, 4) is 11.5 Å². The van der Waals surface area contributed by atoms with Crippen molar-refractivity contribution >= 4 is 27.6 Å². The number of ether oxygens (including phenoxy) is 1. The summed E-state index contributed by atoms with van der Waals surface area (Å²) in [5.74, 6) is 1.14. The molecule has 2 heterocycles. The molecule has 9 heteroatoms. The predicted molar refractivity (Wildman–Crippen MR) is 106 cm³/mol. The van der Waals surface area contributed by atoms with E-state index in [0.29, 0.717) is 35.2 Å². The highest BCUT2D eigenvalue weighted by Gasteiger charge is 2.29. The Labute approximate surface area is 167 Å². The van der Waals surface area contributed by atoms with E-state index in [1.165, 1.54) is 16.4 Å². The van der Waals surface area contributed by atoms with E-state index in [1.807, 2.05) is 6.07 Å². The number of nitrogen functional groups attached to an aromatic ring is 1. The molecule has 0 amide bonds. The van der Waals surface area contributed by atoms with Crippen LogP contribution in [-0.2, 0) is 23.0 Å². The molecule has 0 atom stereocenters. The van der Waals surface area contributed by atoms with Crippen LogP contribution in [0, 0.1) is 0 Å². The number of aromatic nitrogens is 2. The fourth-order valence-electron chi connectivity index (χ4n) is 2.98. The first kappa shape index (κ1) is 18.7. The smallest absolute Gasteiger partial charge is 0.243 e. The molecule has 0 saturated carbocycles. The summed E-state index contributed by atoms with van der Waals surface area (Å²) >= 11 is 6.09. The Bertz CT molecular complexity index is 1120. The fourth-order valence-corrected chi connectivity index (χ4v) is 4.56. The lowest BCUT2D eigenvalue weighted by Gasteiger charge is -2.27. The van der Waals surface area contributed by atoms with Gasteiger partial charge in [-0.2, -0.15) is 4.31 Å². The van der Waals surface area contributed by atoms with Crippen molar-refractivity contribution in [1.29, 1.82) is 0 Å². The van der Waals surface area contributed by atoms with Crippen molar-refractivity contribution in [2.24, 2.45) is 0 Å². The van der Waals surface area contributed by atoms with Gasteiger partial charge in [0.1, 0.15) is 11.5 Å². The Morgan fingerprint density at radius 3 is 2.61 bits per heavy atom. The number of nitrogens with zero attached hydrogens (tertiary/aromatic N) is 3. The lowest BCUT2D eigenvalue weighted by atomic mass is 10.1. The summed E-state index contributed by atoms with van der Waals surface area (Å²) in [4.78, 5) is 8.32. The van der Waals surface area contributed by atoms with Crippen molar-refractivity contribution in [3.63, 3.8) is 0 Å². The second-order valence-electron chi connectivity index (χ2n) is 6.29. The second kappa shape index (κ2) is 7.38. The number of nitrogens with two attached hydrogens (primary N) is 1. The van der Waals surface area contributed by atoms with Crippen LogP contribution < -0.4 is 10.5 Å². The molecule has 1 aliphatic rings. The van der Waals surface area contributed by atoms with Gasteiger partial charge in [-0.1, -0.05) is 23.7 Å². The molecule has 0 fully saturated rings. The third kappa shape index (κ3) is 3.66. The molecule has 28 heavy (non-hydrogen) atoms. The zero-order valence-electron chi connectivity index (χ0n) is 14.7. The van der Waals surface area contributed by atoms with E-state index in [0.717, 1.165) is 5.56 Å². The van der Waals surface area contributed by atoms with E-state index in [-0.39, 0.29) is 17.4 Å². The average molecular weight is 417 g/mol. The Morgan fingerprint density at radius 2 is 1.86 bits per heavy atom. The number of rotatable bonds is 4. The van der Waals surface area contributed by atoms with E-state index >= 15 is 0 Å². The maximum absolute atomic E-state index is 13.0. The van der Waals surface area contributed by atoms with Crippen molar-refractivity contribution < 1.29 is 13.2 Å². The molecule has 0 unspecified atom stereocenters. The number of halogens is 1. The molecule has 7 nitrogen and oxygen atoms in total. The maximum atomic E-state index is 13.0. The number of fused-ring (bicyclic) bond motifs is 1. The van der Waals surface area contributed by atoms with Crippen molar-refractivity contribution in [1.82, 2.24) is 14.3 Å². The molecular weight excluding hydrogens is 400 g/mol. The summed E-state index contributed by atoms with van der Waals surface area (Å²) in [6.07, 6.45) is 2.20. The van der Waals surface area contributed by atoms with E-state index in [4.69, 9.17) is 22.1 Å². The number of sulfonamides is 1. The summed E-state index contributed by atoms with van der Waals surface area (Å²) in [7, 11) is -3.66. The minimum atomic E-state index is -3.66. The normalized spacial score (nSPS) is 14.5. The van der Waals surface area contributed by atoms with Gasteiger partial charge in [-0.3, -0.25) is 0 Å². The zero-order valence-corrected chi connectivity index (χ0v) is 16.3. The fraction of sp³-hybridized carbons (Fsp3) is 0.158. The average Bonchev–Trinajstić information content (AvgIpc) is 2.69. The predicted octanol–water partition coefficient (Wildman–Crippen LogP) is 3.25. The monoisotopic (exact) mass is 416 g/mol. The zero-order chi connectivity index (χ0) is 19.7. The minimum Gasteiger partial charge on any atom is -0.456 e. The topological polar surface area (TPSA) is 98.4 Å². The molecule has 2 N–H and O–H groups in total. The second-order valence-corrected chi connectivity index (χ2v) is 8.64. The van der Waals surface area contributed by atoms with Crippen LogP contribution in [0.15, 0.2) is 59.6 Å². The van der Waals surface area contributed by atoms with Crippen LogP contribution in [-0.4, -0.2) is 29.2 Å². The molecule has 3 aromatic rings. The first-order chi connectivity index (χ1) is 13.4. The van der Waals surface area contributed by atoms with Crippen molar-refractivity contribution in [3.05, 3.63) is 71.0 Å². The lowest BCUT2D eigenvalue weighted by Crippen LogP contribution is -2.36. The van der Waals surface area contributed by atoms with Gasteiger partial charge >= 0.3 is 0 Å². The van der Waals surface area contributed by atoms with Gasteiger partial charge in [0.15, 0.2) is 0 Å². The van der Waals surface area contributed by atoms with Gasteiger partial charge in [0, 0.05) is 12.7 Å². The van der Waals surface area contributed by atoms with Gasteiger partial charge in [0.25, 0.3) is 0 Å². The molecule has 4 rings (SSSR count). The van der Waals surface area contributed by atoms with Gasteiger partial charge in [0.05, 0.1) is 22.2 Å². The van der Waals surface area contributed by atoms with Crippen LogP contribution in [0.4, 0.5) is 5.95 Å². The number of hydrogen-bond acceptors (Lipinski definition) is 6. The third-order valence-corrected chi connectivity index (χ3v) is 6.63. The van der Waals surface area contributed by atoms with Crippen LogP contribution >= 0.6 is 11.6 Å². The molecular formula is C19H17ClN4O3S. The molecule has 0 radical (unpaired) electrons. The number of benzene rings is 2. The summed E-state index contributed by atoms with van der Waals surface area (Å²) in [6, 6.07) is 13.3. The van der Waals surface area contributed by atoms with E-state index in [2.05, 4.69) is 9.97 Å². The molecule has 144 valence electrons. The lowest BCUT2D eigenvalue weighted by molar-refractivity contribution is 0.385. The largest absolute Gasteiger partial charge is 0.456 e. The molecule has 0 aliphatic carbocycles. The van der Waals surface area contributed by atoms with Gasteiger partial charge in [-0.15, -0.1) is 0 Å². The quantitative estimate of drug-likeness (QED) is 0.700. The van der Waals surface area contributed by atoms with Gasteiger partial charge in [-0.05, 0) is 48.4 Å². The van der Waals surface area contributed by atoms with Crippen molar-refractivity contribution in [2.45, 2.75) is 17.9 Å². The number of anilines is 1. The van der Waals surface area contributed by atoms with Crippen molar-refractivity contribution in [2.75, 3.05) is 12.3 Å². The summed E-state index contributed by atoms with van der Waals surface area (Å²) in [6.45, 7) is 0.531. The Balaban J connectivity index is 1.54. The van der Waals surface area contributed by atoms with Gasteiger partial charge < -0.3 is 10.5 Å².